The van der Waals surface area contributed by atoms with Crippen LogP contribution in [0.3, 0.4) is 0 Å². The molecule has 0 radical (unpaired) electrons. The Labute approximate surface area is 157 Å². The van der Waals surface area contributed by atoms with E-state index in [0.717, 1.165) is 42.5 Å². The zero-order valence-electron chi connectivity index (χ0n) is 15.1. The van der Waals surface area contributed by atoms with Gasteiger partial charge in [0.15, 0.2) is 0 Å². The molecular formula is C20H23N3O2S. The second kappa shape index (κ2) is 7.51. The van der Waals surface area contributed by atoms with Gasteiger partial charge in [-0.25, -0.2) is 4.98 Å². The van der Waals surface area contributed by atoms with Crippen LogP contribution in [0.1, 0.15) is 30.1 Å². The Bertz CT molecular complexity index is 860. The maximum Gasteiger partial charge on any atom is 0.147 e. The van der Waals surface area contributed by atoms with Gasteiger partial charge in [0, 0.05) is 30.0 Å². The number of hydrogen-bond acceptors (Lipinski definition) is 5. The average molecular weight is 369 g/mol. The minimum Gasteiger partial charge on any atom is -0.497 e. The number of hydrogen-bond donors (Lipinski definition) is 1. The molecular weight excluding hydrogens is 346 g/mol. The van der Waals surface area contributed by atoms with Crippen molar-refractivity contribution in [2.45, 2.75) is 25.4 Å². The molecule has 136 valence electrons. The lowest BCUT2D eigenvalue weighted by Crippen LogP contribution is -2.23. The number of aromatic amines is 1. The lowest BCUT2D eigenvalue weighted by atomic mass is 10.0. The molecule has 3 heterocycles. The van der Waals surface area contributed by atoms with E-state index in [1.807, 2.05) is 24.4 Å². The molecule has 1 aliphatic rings. The Morgan fingerprint density at radius 2 is 2.19 bits per heavy atom. The Morgan fingerprint density at radius 3 is 2.96 bits per heavy atom. The monoisotopic (exact) mass is 369 g/mol. The zero-order chi connectivity index (χ0) is 17.9. The van der Waals surface area contributed by atoms with Crippen LogP contribution in [0.15, 0.2) is 41.9 Å². The minimum absolute atomic E-state index is 0.327. The van der Waals surface area contributed by atoms with Crippen LogP contribution >= 0.6 is 11.3 Å². The lowest BCUT2D eigenvalue weighted by molar-refractivity contribution is 0.240. The van der Waals surface area contributed by atoms with E-state index in [-0.39, 0.29) is 0 Å². The Hall–Kier alpha value is -2.31. The number of nitrogens with zero attached hydrogens (tertiary/aromatic N) is 2. The van der Waals surface area contributed by atoms with Gasteiger partial charge in [0.25, 0.3) is 0 Å². The standard InChI is InChI=1S/C20H23N3O2S/c1-24-15-7-8-18(25-2)16(11-15)17-5-3-9-23(17)13-14-12-21-20(22-14)19-6-4-10-26-19/h4,6-8,10-12,17H,3,5,9,13H2,1-2H3,(H,21,22)/t17-/m0/s1. The highest BCUT2D eigenvalue weighted by molar-refractivity contribution is 7.13. The Morgan fingerprint density at radius 1 is 1.27 bits per heavy atom. The van der Waals surface area contributed by atoms with Crippen LogP contribution in [0, 0.1) is 0 Å². The molecule has 26 heavy (non-hydrogen) atoms. The summed E-state index contributed by atoms with van der Waals surface area (Å²) < 4.78 is 11.0. The van der Waals surface area contributed by atoms with Crippen molar-refractivity contribution in [1.82, 2.24) is 14.9 Å². The molecule has 6 heteroatoms. The predicted octanol–water partition coefficient (Wildman–Crippen LogP) is 4.49. The van der Waals surface area contributed by atoms with Crippen LogP contribution in [0.5, 0.6) is 11.5 Å². The van der Waals surface area contributed by atoms with Crippen LogP contribution < -0.4 is 9.47 Å². The van der Waals surface area contributed by atoms with E-state index in [2.05, 4.69) is 32.4 Å². The van der Waals surface area contributed by atoms with Gasteiger partial charge in [-0.2, -0.15) is 0 Å². The number of H-pyrrole nitrogens is 1. The first kappa shape index (κ1) is 17.1. The zero-order valence-corrected chi connectivity index (χ0v) is 15.9. The van der Waals surface area contributed by atoms with E-state index in [9.17, 15) is 0 Å². The second-order valence-electron chi connectivity index (χ2n) is 6.47. The van der Waals surface area contributed by atoms with Crippen molar-refractivity contribution >= 4 is 11.3 Å². The Kier molecular flexibility index (Phi) is 4.95. The summed E-state index contributed by atoms with van der Waals surface area (Å²) in [6.07, 6.45) is 4.25. The lowest BCUT2D eigenvalue weighted by Gasteiger charge is -2.26. The third-order valence-corrected chi connectivity index (χ3v) is 5.79. The maximum absolute atomic E-state index is 5.61. The van der Waals surface area contributed by atoms with E-state index in [0.29, 0.717) is 6.04 Å². The van der Waals surface area contributed by atoms with Gasteiger partial charge in [0.2, 0.25) is 0 Å². The molecule has 2 aromatic heterocycles. The summed E-state index contributed by atoms with van der Waals surface area (Å²) in [7, 11) is 3.43. The van der Waals surface area contributed by atoms with Crippen molar-refractivity contribution in [3.05, 3.63) is 53.2 Å². The largest absolute Gasteiger partial charge is 0.497 e. The van der Waals surface area contributed by atoms with E-state index in [1.165, 1.54) is 16.9 Å². The van der Waals surface area contributed by atoms with Crippen molar-refractivity contribution in [1.29, 1.82) is 0 Å². The number of likely N-dealkylation sites (tertiary alicyclic amines) is 1. The summed E-state index contributed by atoms with van der Waals surface area (Å²) in [5.74, 6) is 2.74. The number of aromatic nitrogens is 2. The quantitative estimate of drug-likeness (QED) is 0.695. The molecule has 0 aliphatic carbocycles. The van der Waals surface area contributed by atoms with Gasteiger partial charge < -0.3 is 14.5 Å². The van der Waals surface area contributed by atoms with Crippen LogP contribution in [0.4, 0.5) is 0 Å². The van der Waals surface area contributed by atoms with Crippen LogP contribution in [0.25, 0.3) is 10.7 Å². The summed E-state index contributed by atoms with van der Waals surface area (Å²) in [6, 6.07) is 10.5. The molecule has 0 saturated carbocycles. The molecule has 5 nitrogen and oxygen atoms in total. The van der Waals surface area contributed by atoms with Gasteiger partial charge in [-0.1, -0.05) is 6.07 Å². The first-order valence-corrected chi connectivity index (χ1v) is 9.70. The molecule has 0 unspecified atom stereocenters. The molecule has 3 aromatic rings. The third-order valence-electron chi connectivity index (χ3n) is 4.92. The summed E-state index contributed by atoms with van der Waals surface area (Å²) in [5.41, 5.74) is 2.34. The number of imidazole rings is 1. The molecule has 0 spiro atoms. The summed E-state index contributed by atoms with van der Waals surface area (Å²) in [6.45, 7) is 1.92. The van der Waals surface area contributed by atoms with Crippen LogP contribution in [-0.4, -0.2) is 35.6 Å². The number of ether oxygens (including phenoxy) is 2. The number of benzene rings is 1. The topological polar surface area (TPSA) is 50.4 Å². The van der Waals surface area contributed by atoms with Gasteiger partial charge in [-0.3, -0.25) is 4.90 Å². The van der Waals surface area contributed by atoms with Crippen LogP contribution in [-0.2, 0) is 6.54 Å². The molecule has 0 bridgehead atoms. The molecule has 1 N–H and O–H groups in total. The molecule has 1 aromatic carbocycles. The van der Waals surface area contributed by atoms with E-state index < -0.39 is 0 Å². The van der Waals surface area contributed by atoms with Gasteiger partial charge >= 0.3 is 0 Å². The van der Waals surface area contributed by atoms with Gasteiger partial charge in [0.05, 0.1) is 19.1 Å². The van der Waals surface area contributed by atoms with Crippen molar-refractivity contribution in [3.63, 3.8) is 0 Å². The molecule has 1 saturated heterocycles. The minimum atomic E-state index is 0.327. The van der Waals surface area contributed by atoms with Crippen molar-refractivity contribution in [3.8, 4) is 22.2 Å². The van der Waals surface area contributed by atoms with Crippen molar-refractivity contribution < 1.29 is 9.47 Å². The first-order valence-electron chi connectivity index (χ1n) is 8.82. The van der Waals surface area contributed by atoms with Gasteiger partial charge in [0.1, 0.15) is 17.3 Å². The van der Waals surface area contributed by atoms with Crippen LogP contribution in [0.2, 0.25) is 0 Å². The fourth-order valence-electron chi connectivity index (χ4n) is 3.66. The Balaban J connectivity index is 1.56. The number of nitrogens with one attached hydrogen (secondary N) is 1. The number of thiophene rings is 1. The van der Waals surface area contributed by atoms with Gasteiger partial charge in [-0.15, -0.1) is 11.3 Å². The second-order valence-corrected chi connectivity index (χ2v) is 7.42. The first-order chi connectivity index (χ1) is 12.8. The fraction of sp³-hybridized carbons (Fsp3) is 0.350. The van der Waals surface area contributed by atoms with E-state index >= 15 is 0 Å². The number of methoxy groups -OCH3 is 2. The van der Waals surface area contributed by atoms with Crippen molar-refractivity contribution in [2.75, 3.05) is 20.8 Å². The summed E-state index contributed by atoms with van der Waals surface area (Å²) in [4.78, 5) is 11.7. The highest BCUT2D eigenvalue weighted by atomic mass is 32.1. The normalized spacial score (nSPS) is 17.5. The van der Waals surface area contributed by atoms with E-state index in [1.54, 1.807) is 25.6 Å². The predicted molar refractivity (Wildman–Crippen MR) is 104 cm³/mol. The molecule has 0 amide bonds. The highest BCUT2D eigenvalue weighted by Crippen LogP contribution is 2.39. The highest BCUT2D eigenvalue weighted by Gasteiger charge is 2.29. The molecule has 4 rings (SSSR count). The smallest absolute Gasteiger partial charge is 0.147 e. The van der Waals surface area contributed by atoms with Gasteiger partial charge in [-0.05, 0) is 49.0 Å². The van der Waals surface area contributed by atoms with Crippen molar-refractivity contribution in [2.24, 2.45) is 0 Å². The molecule has 1 atom stereocenters. The summed E-state index contributed by atoms with van der Waals surface area (Å²) >= 11 is 1.70. The molecule has 1 aliphatic heterocycles. The summed E-state index contributed by atoms with van der Waals surface area (Å²) in [5, 5.41) is 2.07. The average Bonchev–Trinajstić information content (AvgIpc) is 3.42. The number of rotatable bonds is 6. The molecule has 1 fully saturated rings. The van der Waals surface area contributed by atoms with E-state index in [4.69, 9.17) is 9.47 Å². The maximum atomic E-state index is 5.61. The fourth-order valence-corrected chi connectivity index (χ4v) is 4.34. The third kappa shape index (κ3) is 3.34. The SMILES string of the molecule is COc1ccc(OC)c([C@@H]2CCCN2Cc2cnc(-c3cccs3)[nH]2)c1.